The molecule has 1 aromatic rings. The van der Waals surface area contributed by atoms with E-state index in [1.54, 1.807) is 19.2 Å². The summed E-state index contributed by atoms with van der Waals surface area (Å²) in [6, 6.07) is 4.81. The zero-order valence-electron chi connectivity index (χ0n) is 9.25. The molecule has 0 aromatic heterocycles. The van der Waals surface area contributed by atoms with Gasteiger partial charge in [0.1, 0.15) is 5.82 Å². The van der Waals surface area contributed by atoms with Crippen LogP contribution in [0.4, 0.5) is 4.39 Å². The molecule has 0 aliphatic carbocycles. The van der Waals surface area contributed by atoms with Crippen molar-refractivity contribution in [1.29, 1.82) is 0 Å². The third-order valence-electron chi connectivity index (χ3n) is 2.96. The molecule has 0 bridgehead atoms. The fraction of sp³-hybridized carbons (Fsp3) is 0.500. The van der Waals surface area contributed by atoms with Gasteiger partial charge in [-0.15, -0.1) is 0 Å². The lowest BCUT2D eigenvalue weighted by Crippen LogP contribution is -2.22. The van der Waals surface area contributed by atoms with Crippen molar-refractivity contribution in [2.75, 3.05) is 20.2 Å². The molecule has 0 N–H and O–H groups in total. The van der Waals surface area contributed by atoms with Gasteiger partial charge < -0.3 is 4.74 Å². The van der Waals surface area contributed by atoms with Gasteiger partial charge in [0, 0.05) is 31.2 Å². The van der Waals surface area contributed by atoms with Crippen LogP contribution in [0.2, 0.25) is 0 Å². The van der Waals surface area contributed by atoms with E-state index in [2.05, 4.69) is 20.8 Å². The largest absolute Gasteiger partial charge is 0.380 e. The maximum Gasteiger partial charge on any atom is 0.123 e. The molecule has 2 rings (SSSR count). The summed E-state index contributed by atoms with van der Waals surface area (Å²) >= 11 is 3.45. The van der Waals surface area contributed by atoms with Crippen molar-refractivity contribution >= 4 is 15.9 Å². The Morgan fingerprint density at radius 1 is 1.56 bits per heavy atom. The first-order valence-corrected chi connectivity index (χ1v) is 6.17. The van der Waals surface area contributed by atoms with E-state index < -0.39 is 0 Å². The highest BCUT2D eigenvalue weighted by molar-refractivity contribution is 9.10. The van der Waals surface area contributed by atoms with Crippen molar-refractivity contribution in [3.8, 4) is 0 Å². The van der Waals surface area contributed by atoms with Crippen LogP contribution in [0.25, 0.3) is 0 Å². The van der Waals surface area contributed by atoms with Gasteiger partial charge in [-0.3, -0.25) is 4.90 Å². The maximum absolute atomic E-state index is 13.1. The number of hydrogen-bond acceptors (Lipinski definition) is 2. The fourth-order valence-corrected chi connectivity index (χ4v) is 2.41. The van der Waals surface area contributed by atoms with Crippen molar-refractivity contribution in [1.82, 2.24) is 4.90 Å². The van der Waals surface area contributed by atoms with Crippen LogP contribution in [-0.2, 0) is 11.3 Å². The number of rotatable bonds is 3. The molecule has 0 amide bonds. The molecule has 0 saturated carbocycles. The summed E-state index contributed by atoms with van der Waals surface area (Å²) in [5, 5.41) is 0. The molecular weight excluding hydrogens is 273 g/mol. The highest BCUT2D eigenvalue weighted by atomic mass is 79.9. The Labute approximate surface area is 104 Å². The first-order chi connectivity index (χ1) is 7.69. The van der Waals surface area contributed by atoms with Gasteiger partial charge >= 0.3 is 0 Å². The number of halogens is 2. The SMILES string of the molecule is COC1CCN(Cc2cc(F)ccc2Br)C1. The van der Waals surface area contributed by atoms with E-state index in [0.29, 0.717) is 6.10 Å². The topological polar surface area (TPSA) is 12.5 Å². The Bertz CT molecular complexity index is 372. The predicted octanol–water partition coefficient (Wildman–Crippen LogP) is 2.81. The molecule has 1 saturated heterocycles. The minimum absolute atomic E-state index is 0.180. The summed E-state index contributed by atoms with van der Waals surface area (Å²) in [7, 11) is 1.74. The van der Waals surface area contributed by atoms with E-state index in [4.69, 9.17) is 4.74 Å². The number of nitrogens with zero attached hydrogens (tertiary/aromatic N) is 1. The standard InChI is InChI=1S/C12H15BrFNO/c1-16-11-4-5-15(8-11)7-9-6-10(14)2-3-12(9)13/h2-3,6,11H,4-5,7-8H2,1H3. The highest BCUT2D eigenvalue weighted by Gasteiger charge is 2.22. The Morgan fingerprint density at radius 3 is 3.06 bits per heavy atom. The van der Waals surface area contributed by atoms with Crippen LogP contribution in [0.5, 0.6) is 0 Å². The fourth-order valence-electron chi connectivity index (χ4n) is 2.04. The van der Waals surface area contributed by atoms with Crippen molar-refractivity contribution < 1.29 is 9.13 Å². The lowest BCUT2D eigenvalue weighted by atomic mass is 10.2. The minimum Gasteiger partial charge on any atom is -0.380 e. The lowest BCUT2D eigenvalue weighted by Gasteiger charge is -2.16. The van der Waals surface area contributed by atoms with Gasteiger partial charge in [-0.2, -0.15) is 0 Å². The smallest absolute Gasteiger partial charge is 0.123 e. The Balaban J connectivity index is 2.01. The first-order valence-electron chi connectivity index (χ1n) is 5.38. The molecule has 1 fully saturated rings. The molecule has 88 valence electrons. The van der Waals surface area contributed by atoms with E-state index >= 15 is 0 Å². The molecule has 0 radical (unpaired) electrons. The van der Waals surface area contributed by atoms with E-state index in [0.717, 1.165) is 36.1 Å². The Kier molecular flexibility index (Phi) is 3.95. The van der Waals surface area contributed by atoms with Crippen molar-refractivity contribution in [3.05, 3.63) is 34.1 Å². The van der Waals surface area contributed by atoms with Crippen LogP contribution in [0.3, 0.4) is 0 Å². The molecular formula is C12H15BrFNO. The number of benzene rings is 1. The van der Waals surface area contributed by atoms with E-state index in [9.17, 15) is 4.39 Å². The summed E-state index contributed by atoms with van der Waals surface area (Å²) in [6.07, 6.45) is 1.39. The molecule has 1 aliphatic rings. The van der Waals surface area contributed by atoms with E-state index in [1.165, 1.54) is 6.07 Å². The average Bonchev–Trinajstić information content (AvgIpc) is 2.71. The normalized spacial score (nSPS) is 21.6. The van der Waals surface area contributed by atoms with Crippen molar-refractivity contribution in [2.24, 2.45) is 0 Å². The van der Waals surface area contributed by atoms with Gasteiger partial charge in [-0.1, -0.05) is 15.9 Å². The third-order valence-corrected chi connectivity index (χ3v) is 3.74. The monoisotopic (exact) mass is 287 g/mol. The minimum atomic E-state index is -0.180. The second kappa shape index (κ2) is 5.25. The summed E-state index contributed by atoms with van der Waals surface area (Å²) in [5.74, 6) is -0.180. The first kappa shape index (κ1) is 12.0. The number of likely N-dealkylation sites (tertiary alicyclic amines) is 1. The van der Waals surface area contributed by atoms with Crippen LogP contribution in [0, 0.1) is 5.82 Å². The van der Waals surface area contributed by atoms with Gasteiger partial charge in [-0.25, -0.2) is 4.39 Å². The van der Waals surface area contributed by atoms with Crippen LogP contribution in [0.15, 0.2) is 22.7 Å². The van der Waals surface area contributed by atoms with Crippen LogP contribution in [-0.4, -0.2) is 31.2 Å². The zero-order chi connectivity index (χ0) is 11.5. The van der Waals surface area contributed by atoms with Crippen molar-refractivity contribution in [3.63, 3.8) is 0 Å². The third kappa shape index (κ3) is 2.81. The molecule has 2 nitrogen and oxygen atoms in total. The molecule has 1 atom stereocenters. The molecule has 1 heterocycles. The van der Waals surface area contributed by atoms with E-state index in [-0.39, 0.29) is 5.82 Å². The summed E-state index contributed by atoms with van der Waals surface area (Å²) < 4.78 is 19.4. The van der Waals surface area contributed by atoms with Crippen LogP contribution in [0.1, 0.15) is 12.0 Å². The molecule has 4 heteroatoms. The van der Waals surface area contributed by atoms with Gasteiger partial charge in [0.15, 0.2) is 0 Å². The van der Waals surface area contributed by atoms with Gasteiger partial charge in [0.2, 0.25) is 0 Å². The van der Waals surface area contributed by atoms with Crippen LogP contribution >= 0.6 is 15.9 Å². The number of methoxy groups -OCH3 is 1. The summed E-state index contributed by atoms with van der Waals surface area (Å²) in [4.78, 5) is 2.29. The Morgan fingerprint density at radius 2 is 2.38 bits per heavy atom. The zero-order valence-corrected chi connectivity index (χ0v) is 10.8. The van der Waals surface area contributed by atoms with Crippen LogP contribution < -0.4 is 0 Å². The number of hydrogen-bond donors (Lipinski definition) is 0. The van der Waals surface area contributed by atoms with Gasteiger partial charge in [-0.05, 0) is 30.2 Å². The molecule has 1 aliphatic heterocycles. The number of ether oxygens (including phenoxy) is 1. The lowest BCUT2D eigenvalue weighted by molar-refractivity contribution is 0.107. The van der Waals surface area contributed by atoms with Crippen molar-refractivity contribution in [2.45, 2.75) is 19.1 Å². The molecule has 1 unspecified atom stereocenters. The van der Waals surface area contributed by atoms with E-state index in [1.807, 2.05) is 0 Å². The summed E-state index contributed by atoms with van der Waals surface area (Å²) in [6.45, 7) is 2.72. The second-order valence-electron chi connectivity index (χ2n) is 4.12. The highest BCUT2D eigenvalue weighted by Crippen LogP contribution is 2.22. The molecule has 1 aromatic carbocycles. The summed E-state index contributed by atoms with van der Waals surface area (Å²) in [5.41, 5.74) is 0.997. The van der Waals surface area contributed by atoms with Gasteiger partial charge in [0.25, 0.3) is 0 Å². The van der Waals surface area contributed by atoms with Gasteiger partial charge in [0.05, 0.1) is 6.10 Å². The maximum atomic E-state index is 13.1. The second-order valence-corrected chi connectivity index (χ2v) is 4.97. The quantitative estimate of drug-likeness (QED) is 0.848. The average molecular weight is 288 g/mol. The predicted molar refractivity (Wildman–Crippen MR) is 64.8 cm³/mol. The Hall–Kier alpha value is -0.450. The molecule has 16 heavy (non-hydrogen) atoms. The molecule has 0 spiro atoms.